The minimum absolute atomic E-state index is 0.0460. The van der Waals surface area contributed by atoms with Gasteiger partial charge in [0.2, 0.25) is 5.91 Å². The largest absolute Gasteiger partial charge is 0.336 e. The number of rotatable bonds is 6. The number of halogens is 3. The Morgan fingerprint density at radius 2 is 1.68 bits per heavy atom. The Morgan fingerprint density at radius 1 is 1.03 bits per heavy atom. The molecule has 2 saturated heterocycles. The van der Waals surface area contributed by atoms with Crippen LogP contribution in [0.5, 0.6) is 0 Å². The van der Waals surface area contributed by atoms with E-state index in [0.29, 0.717) is 25.6 Å². The van der Waals surface area contributed by atoms with E-state index in [1.54, 1.807) is 9.80 Å². The smallest absolute Gasteiger partial charge is 0.322 e. The summed E-state index contributed by atoms with van der Waals surface area (Å²) in [4.78, 5) is 29.2. The average molecular weight is 475 g/mol. The van der Waals surface area contributed by atoms with Gasteiger partial charge in [-0.15, -0.1) is 0 Å². The molecule has 3 N–H and O–H groups in total. The molecule has 2 heterocycles. The Bertz CT molecular complexity index is 1090. The number of urea groups is 1. The highest BCUT2D eigenvalue weighted by molar-refractivity contribution is 5.91. The van der Waals surface area contributed by atoms with Crippen molar-refractivity contribution in [2.45, 2.75) is 57.2 Å². The van der Waals surface area contributed by atoms with Crippen LogP contribution in [-0.2, 0) is 11.2 Å². The second-order valence-electron chi connectivity index (χ2n) is 9.44. The first-order chi connectivity index (χ1) is 16.1. The molecule has 3 atom stereocenters. The maximum Gasteiger partial charge on any atom is 0.322 e. The van der Waals surface area contributed by atoms with Crippen LogP contribution in [-0.4, -0.2) is 53.0 Å². The highest BCUT2D eigenvalue weighted by Crippen LogP contribution is 2.32. The molecule has 9 heteroatoms. The van der Waals surface area contributed by atoms with Gasteiger partial charge in [0.25, 0.3) is 0 Å². The van der Waals surface area contributed by atoms with Gasteiger partial charge in [0, 0.05) is 37.3 Å². The van der Waals surface area contributed by atoms with Crippen molar-refractivity contribution >= 4 is 17.6 Å². The summed E-state index contributed by atoms with van der Waals surface area (Å²) >= 11 is 0. The van der Waals surface area contributed by atoms with Crippen LogP contribution in [0.4, 0.5) is 23.7 Å². The Hall–Kier alpha value is -3.07. The van der Waals surface area contributed by atoms with Crippen molar-refractivity contribution in [1.29, 1.82) is 0 Å². The number of anilines is 1. The summed E-state index contributed by atoms with van der Waals surface area (Å²) in [5, 5.41) is 3.01. The van der Waals surface area contributed by atoms with Gasteiger partial charge in [-0.25, -0.2) is 18.0 Å². The summed E-state index contributed by atoms with van der Waals surface area (Å²) in [6.45, 7) is 4.98. The molecule has 0 spiro atoms. The summed E-state index contributed by atoms with van der Waals surface area (Å²) < 4.78 is 40.4. The first-order valence-electron chi connectivity index (χ1n) is 11.5. The maximum absolute atomic E-state index is 13.9. The molecule has 3 amide bonds. The van der Waals surface area contributed by atoms with Crippen LogP contribution in [0.1, 0.15) is 43.7 Å². The SMILES string of the molecule is CC(C)c1ccccc1NC(=O)N1C[C@H]2C[C@@H]1CN2C(=O)C[C@H](N)Cc1cc(F)c(F)cc1F. The van der Waals surface area contributed by atoms with Gasteiger partial charge in [-0.3, -0.25) is 4.79 Å². The molecule has 4 rings (SSSR count). The number of carbonyl (C=O) groups is 2. The third kappa shape index (κ3) is 4.89. The van der Waals surface area contributed by atoms with Crippen molar-refractivity contribution in [1.82, 2.24) is 9.80 Å². The fourth-order valence-electron chi connectivity index (χ4n) is 4.94. The molecule has 0 aliphatic carbocycles. The van der Waals surface area contributed by atoms with Crippen LogP contribution in [0.2, 0.25) is 0 Å². The topological polar surface area (TPSA) is 78.7 Å². The monoisotopic (exact) mass is 474 g/mol. The molecule has 0 radical (unpaired) electrons. The predicted molar refractivity (Wildman–Crippen MR) is 123 cm³/mol. The highest BCUT2D eigenvalue weighted by atomic mass is 19.2. The molecule has 182 valence electrons. The minimum Gasteiger partial charge on any atom is -0.336 e. The summed E-state index contributed by atoms with van der Waals surface area (Å²) in [6.07, 6.45) is 0.564. The molecule has 0 aromatic heterocycles. The molecule has 2 aliphatic rings. The normalized spacial score (nSPS) is 20.2. The predicted octanol–water partition coefficient (Wildman–Crippen LogP) is 4.00. The highest BCUT2D eigenvalue weighted by Gasteiger charge is 2.47. The van der Waals surface area contributed by atoms with E-state index in [4.69, 9.17) is 5.73 Å². The summed E-state index contributed by atoms with van der Waals surface area (Å²) in [5.74, 6) is -3.22. The molecular formula is C25H29F3N4O2. The van der Waals surface area contributed by atoms with E-state index in [1.165, 1.54) is 0 Å². The van der Waals surface area contributed by atoms with E-state index in [9.17, 15) is 22.8 Å². The summed E-state index contributed by atoms with van der Waals surface area (Å²) in [7, 11) is 0. The fourth-order valence-corrected chi connectivity index (χ4v) is 4.94. The van der Waals surface area contributed by atoms with Gasteiger partial charge >= 0.3 is 6.03 Å². The van der Waals surface area contributed by atoms with E-state index >= 15 is 0 Å². The van der Waals surface area contributed by atoms with Gasteiger partial charge in [-0.1, -0.05) is 32.0 Å². The van der Waals surface area contributed by atoms with Gasteiger partial charge in [0.05, 0.1) is 12.1 Å². The molecule has 0 unspecified atom stereocenters. The van der Waals surface area contributed by atoms with Gasteiger partial charge < -0.3 is 20.9 Å². The quantitative estimate of drug-likeness (QED) is 0.621. The number of nitrogens with zero attached hydrogens (tertiary/aromatic N) is 2. The third-order valence-electron chi connectivity index (χ3n) is 6.65. The number of para-hydroxylation sites is 1. The lowest BCUT2D eigenvalue weighted by molar-refractivity contribution is -0.133. The molecular weight excluding hydrogens is 445 g/mol. The zero-order valence-corrected chi connectivity index (χ0v) is 19.2. The standard InChI is InChI=1S/C25H29F3N4O2/c1-14(2)19-5-3-4-6-23(19)30-25(34)32-13-17-10-18(32)12-31(17)24(33)9-16(29)7-15-8-21(27)22(28)11-20(15)26/h3-6,8,11,14,16-18H,7,9-10,12-13,29H2,1-2H3,(H,30,34)/t16-,17-,18-/m1/s1. The lowest BCUT2D eigenvalue weighted by Gasteiger charge is -2.35. The number of benzene rings is 2. The fraction of sp³-hybridized carbons (Fsp3) is 0.440. The number of carbonyl (C=O) groups excluding carboxylic acids is 2. The van der Waals surface area contributed by atoms with Crippen LogP contribution >= 0.6 is 0 Å². The lowest BCUT2D eigenvalue weighted by atomic mass is 10.0. The Labute approximate surface area is 196 Å². The molecule has 2 aromatic carbocycles. The molecule has 2 fully saturated rings. The first kappa shape index (κ1) is 24.1. The maximum atomic E-state index is 13.9. The molecule has 6 nitrogen and oxygen atoms in total. The van der Waals surface area contributed by atoms with Crippen molar-refractivity contribution in [3.05, 3.63) is 65.0 Å². The number of amides is 3. The van der Waals surface area contributed by atoms with Crippen LogP contribution in [0.25, 0.3) is 0 Å². The van der Waals surface area contributed by atoms with Gasteiger partial charge in [-0.05, 0) is 42.0 Å². The van der Waals surface area contributed by atoms with Crippen LogP contribution in [0.3, 0.4) is 0 Å². The van der Waals surface area contributed by atoms with Crippen molar-refractivity contribution in [3.8, 4) is 0 Å². The van der Waals surface area contributed by atoms with Crippen molar-refractivity contribution in [3.63, 3.8) is 0 Å². The average Bonchev–Trinajstić information content (AvgIpc) is 3.39. The van der Waals surface area contributed by atoms with Crippen LogP contribution in [0.15, 0.2) is 36.4 Å². The van der Waals surface area contributed by atoms with E-state index in [1.807, 2.05) is 24.3 Å². The van der Waals surface area contributed by atoms with Crippen molar-refractivity contribution in [2.75, 3.05) is 18.4 Å². The number of likely N-dealkylation sites (tertiary alicyclic amines) is 2. The molecule has 2 bridgehead atoms. The number of fused-ring (bicyclic) bond motifs is 2. The summed E-state index contributed by atoms with van der Waals surface area (Å²) in [5.41, 5.74) is 7.81. The number of hydrogen-bond donors (Lipinski definition) is 2. The van der Waals surface area contributed by atoms with Crippen LogP contribution in [0, 0.1) is 17.5 Å². The zero-order valence-electron chi connectivity index (χ0n) is 19.2. The number of nitrogens with one attached hydrogen (secondary N) is 1. The Balaban J connectivity index is 1.32. The second kappa shape index (κ2) is 9.66. The molecule has 2 aliphatic heterocycles. The van der Waals surface area contributed by atoms with E-state index < -0.39 is 23.5 Å². The van der Waals surface area contributed by atoms with E-state index in [2.05, 4.69) is 19.2 Å². The second-order valence-corrected chi connectivity index (χ2v) is 9.44. The third-order valence-corrected chi connectivity index (χ3v) is 6.65. The lowest BCUT2D eigenvalue weighted by Crippen LogP contribution is -2.52. The number of hydrogen-bond acceptors (Lipinski definition) is 3. The van der Waals surface area contributed by atoms with E-state index in [0.717, 1.165) is 17.3 Å². The van der Waals surface area contributed by atoms with Crippen molar-refractivity contribution in [2.24, 2.45) is 5.73 Å². The molecule has 0 saturated carbocycles. The zero-order chi connectivity index (χ0) is 24.6. The Kier molecular flexibility index (Phi) is 6.84. The Morgan fingerprint density at radius 3 is 2.35 bits per heavy atom. The van der Waals surface area contributed by atoms with Gasteiger partial charge in [0.1, 0.15) is 5.82 Å². The number of nitrogens with two attached hydrogens (primary N) is 1. The first-order valence-corrected chi connectivity index (χ1v) is 11.5. The molecule has 34 heavy (non-hydrogen) atoms. The van der Waals surface area contributed by atoms with Gasteiger partial charge in [-0.2, -0.15) is 0 Å². The minimum atomic E-state index is -1.26. The van der Waals surface area contributed by atoms with Crippen molar-refractivity contribution < 1.29 is 22.8 Å². The van der Waals surface area contributed by atoms with Crippen LogP contribution < -0.4 is 11.1 Å². The van der Waals surface area contributed by atoms with Gasteiger partial charge in [0.15, 0.2) is 11.6 Å². The molecule has 2 aromatic rings. The number of piperazine rings is 1. The summed E-state index contributed by atoms with van der Waals surface area (Å²) in [6, 6.07) is 7.86. The van der Waals surface area contributed by atoms with E-state index in [-0.39, 0.29) is 48.3 Å².